The highest BCUT2D eigenvalue weighted by Crippen LogP contribution is 2.12. The molecule has 1 aromatic carbocycles. The molecule has 0 saturated heterocycles. The highest BCUT2D eigenvalue weighted by molar-refractivity contribution is 6.26. The van der Waals surface area contributed by atoms with E-state index in [0.29, 0.717) is 5.56 Å². The fourth-order valence-electron chi connectivity index (χ4n) is 1.29. The van der Waals surface area contributed by atoms with Crippen LogP contribution in [-0.4, -0.2) is 40.2 Å². The number of carbonyl (C=O) groups excluding carboxylic acids is 2. The van der Waals surface area contributed by atoms with Gasteiger partial charge in [-0.2, -0.15) is 0 Å². The van der Waals surface area contributed by atoms with Crippen LogP contribution in [0.3, 0.4) is 0 Å². The summed E-state index contributed by atoms with van der Waals surface area (Å²) in [6.07, 6.45) is 0.0542. The van der Waals surface area contributed by atoms with Gasteiger partial charge in [0.1, 0.15) is 18.3 Å². The summed E-state index contributed by atoms with van der Waals surface area (Å²) in [4.78, 5) is 41.3. The Morgan fingerprint density at radius 1 is 1.21 bits per heavy atom. The summed E-state index contributed by atoms with van der Waals surface area (Å²) in [6.45, 7) is -0.0662. The molecule has 0 aliphatic heterocycles. The van der Waals surface area contributed by atoms with Gasteiger partial charge in [-0.05, 0) is 17.7 Å². The second-order valence-electron chi connectivity index (χ2n) is 4.35. The number of aliphatic carboxylic acids is 1. The topological polar surface area (TPSA) is 150 Å². The molecule has 132 valence electrons. The average Bonchev–Trinajstić information content (AvgIpc) is 2.58. The van der Waals surface area contributed by atoms with Crippen LogP contribution in [0.2, 0.25) is 0 Å². The van der Waals surface area contributed by atoms with Crippen molar-refractivity contribution in [2.45, 2.75) is 19.4 Å². The van der Waals surface area contributed by atoms with E-state index in [1.54, 1.807) is 0 Å². The number of benzene rings is 1. The lowest BCUT2D eigenvalue weighted by atomic mass is 10.2. The number of halogens is 1. The van der Waals surface area contributed by atoms with Crippen molar-refractivity contribution in [2.75, 3.05) is 12.4 Å². The first kappa shape index (κ1) is 21.5. The van der Waals surface area contributed by atoms with Gasteiger partial charge < -0.3 is 15.6 Å². The molecular weight excluding hydrogens is 344 g/mol. The van der Waals surface area contributed by atoms with Crippen molar-refractivity contribution in [3.8, 4) is 0 Å². The van der Waals surface area contributed by atoms with Gasteiger partial charge in [-0.1, -0.05) is 0 Å². The molecule has 9 nitrogen and oxygen atoms in total. The Balaban J connectivity index is 0.000000922. The molecule has 0 aromatic heterocycles. The van der Waals surface area contributed by atoms with Crippen molar-refractivity contribution in [2.24, 2.45) is 5.73 Å². The zero-order chi connectivity index (χ0) is 18.5. The molecule has 0 amide bonds. The zero-order valence-corrected chi connectivity index (χ0v) is 13.4. The molecular formula is C14H17ClN2O7. The van der Waals surface area contributed by atoms with Gasteiger partial charge in [0.15, 0.2) is 0 Å². The van der Waals surface area contributed by atoms with Gasteiger partial charge >= 0.3 is 11.9 Å². The third-order valence-electron chi connectivity index (χ3n) is 2.50. The molecule has 0 spiro atoms. The Hall–Kier alpha value is -2.52. The maximum atomic E-state index is 11.3. The minimum absolute atomic E-state index is 0.0109. The molecule has 10 heteroatoms. The molecule has 0 saturated carbocycles. The maximum Gasteiger partial charge on any atom is 0.318 e. The SMILES string of the molecule is NCC(=O)CCC(=O)OCc1ccc([N+](=O)[O-])cc1.O=C(O)CCl. The minimum atomic E-state index is -0.980. The predicted octanol–water partition coefficient (Wildman–Crippen LogP) is 1.26. The number of carboxylic acids is 1. The normalized spacial score (nSPS) is 9.42. The molecule has 0 unspecified atom stereocenters. The van der Waals surface area contributed by atoms with E-state index in [0.717, 1.165) is 0 Å². The first-order valence-electron chi connectivity index (χ1n) is 6.68. The molecule has 3 N–H and O–H groups in total. The van der Waals surface area contributed by atoms with Gasteiger partial charge in [0.25, 0.3) is 5.69 Å². The van der Waals surface area contributed by atoms with E-state index in [4.69, 9.17) is 27.2 Å². The van der Waals surface area contributed by atoms with Gasteiger partial charge in [0.2, 0.25) is 0 Å². The van der Waals surface area contributed by atoms with Crippen LogP contribution < -0.4 is 5.73 Å². The lowest BCUT2D eigenvalue weighted by molar-refractivity contribution is -0.384. The van der Waals surface area contributed by atoms with Crippen molar-refractivity contribution in [3.05, 3.63) is 39.9 Å². The van der Waals surface area contributed by atoms with Crippen LogP contribution in [0.15, 0.2) is 24.3 Å². The van der Waals surface area contributed by atoms with Crippen molar-refractivity contribution < 1.29 is 29.2 Å². The number of carboxylic acid groups (broad SMARTS) is 1. The highest BCUT2D eigenvalue weighted by Gasteiger charge is 2.08. The summed E-state index contributed by atoms with van der Waals surface area (Å²) < 4.78 is 4.92. The Morgan fingerprint density at radius 2 is 1.75 bits per heavy atom. The van der Waals surface area contributed by atoms with Gasteiger partial charge in [-0.3, -0.25) is 24.5 Å². The number of carbonyl (C=O) groups is 3. The van der Waals surface area contributed by atoms with Crippen LogP contribution in [0, 0.1) is 10.1 Å². The fraction of sp³-hybridized carbons (Fsp3) is 0.357. The van der Waals surface area contributed by atoms with Crippen LogP contribution in [0.4, 0.5) is 5.69 Å². The van der Waals surface area contributed by atoms with Gasteiger partial charge in [0, 0.05) is 18.6 Å². The van der Waals surface area contributed by atoms with E-state index in [1.165, 1.54) is 24.3 Å². The summed E-state index contributed by atoms with van der Waals surface area (Å²) in [7, 11) is 0. The van der Waals surface area contributed by atoms with Crippen molar-refractivity contribution in [1.29, 1.82) is 0 Å². The fourth-order valence-corrected chi connectivity index (χ4v) is 1.29. The first-order chi connectivity index (χ1) is 11.3. The lowest BCUT2D eigenvalue weighted by Gasteiger charge is -2.04. The third-order valence-corrected chi connectivity index (χ3v) is 2.73. The molecule has 0 fully saturated rings. The second-order valence-corrected chi connectivity index (χ2v) is 4.62. The quantitative estimate of drug-likeness (QED) is 0.304. The average molecular weight is 361 g/mol. The maximum absolute atomic E-state index is 11.3. The molecule has 0 bridgehead atoms. The smallest absolute Gasteiger partial charge is 0.318 e. The number of nitro groups is 1. The number of ether oxygens (including phenoxy) is 1. The molecule has 24 heavy (non-hydrogen) atoms. The van der Waals surface area contributed by atoms with Gasteiger partial charge in [-0.15, -0.1) is 11.6 Å². The highest BCUT2D eigenvalue weighted by atomic mass is 35.5. The molecule has 0 atom stereocenters. The number of Topliss-reactive ketones (excluding diaryl/α,β-unsaturated/α-hetero) is 1. The molecule has 0 aliphatic rings. The van der Waals surface area contributed by atoms with E-state index in [9.17, 15) is 24.5 Å². The van der Waals surface area contributed by atoms with E-state index in [-0.39, 0.29) is 43.3 Å². The summed E-state index contributed by atoms with van der Waals surface area (Å²) in [5.74, 6) is -1.99. The third kappa shape index (κ3) is 10.2. The van der Waals surface area contributed by atoms with Crippen molar-refractivity contribution in [1.82, 2.24) is 0 Å². The number of hydrogen-bond acceptors (Lipinski definition) is 7. The van der Waals surface area contributed by atoms with Crippen molar-refractivity contribution >= 4 is 35.0 Å². The molecule has 1 aromatic rings. The molecule has 0 aliphatic carbocycles. The van der Waals surface area contributed by atoms with Crippen LogP contribution in [0.1, 0.15) is 18.4 Å². The Labute approximate surface area is 142 Å². The van der Waals surface area contributed by atoms with E-state index < -0.39 is 16.9 Å². The number of ketones is 1. The largest absolute Gasteiger partial charge is 0.480 e. The molecule has 0 radical (unpaired) electrons. The van der Waals surface area contributed by atoms with Crippen LogP contribution in [-0.2, 0) is 25.7 Å². The number of rotatable bonds is 8. The molecule has 1 rings (SSSR count). The van der Waals surface area contributed by atoms with E-state index in [1.807, 2.05) is 0 Å². The zero-order valence-electron chi connectivity index (χ0n) is 12.6. The number of nitrogens with two attached hydrogens (primary N) is 1. The van der Waals surface area contributed by atoms with E-state index in [2.05, 4.69) is 0 Å². The number of non-ortho nitro benzene ring substituents is 1. The van der Waals surface area contributed by atoms with Crippen LogP contribution in [0.25, 0.3) is 0 Å². The Morgan fingerprint density at radius 3 is 2.17 bits per heavy atom. The van der Waals surface area contributed by atoms with Crippen LogP contribution in [0.5, 0.6) is 0 Å². The minimum Gasteiger partial charge on any atom is -0.480 e. The monoisotopic (exact) mass is 360 g/mol. The predicted molar refractivity (Wildman–Crippen MR) is 84.5 cm³/mol. The van der Waals surface area contributed by atoms with Gasteiger partial charge in [-0.25, -0.2) is 0 Å². The summed E-state index contributed by atoms with van der Waals surface area (Å²) in [5.41, 5.74) is 5.72. The number of hydrogen-bond donors (Lipinski definition) is 2. The Kier molecular flexibility index (Phi) is 10.7. The number of esters is 1. The number of nitrogens with zero attached hydrogens (tertiary/aromatic N) is 1. The standard InChI is InChI=1S/C12H14N2O5.C2H3ClO2/c13-7-11(15)5-6-12(16)19-8-9-1-3-10(4-2-9)14(17)18;3-1-2(4)5/h1-4H,5-8,13H2;1H2,(H,4,5). The van der Waals surface area contributed by atoms with Gasteiger partial charge in [0.05, 0.1) is 17.9 Å². The number of nitro benzene ring substituents is 1. The van der Waals surface area contributed by atoms with Crippen molar-refractivity contribution in [3.63, 3.8) is 0 Å². The Bertz CT molecular complexity index is 575. The first-order valence-corrected chi connectivity index (χ1v) is 7.22. The summed E-state index contributed by atoms with van der Waals surface area (Å²) in [5, 5.41) is 18.0. The van der Waals surface area contributed by atoms with Crippen LogP contribution >= 0.6 is 11.6 Å². The van der Waals surface area contributed by atoms with E-state index >= 15 is 0 Å². The second kappa shape index (κ2) is 12.0. The molecule has 0 heterocycles. The number of alkyl halides is 1. The summed E-state index contributed by atoms with van der Waals surface area (Å²) in [6, 6.07) is 5.69. The lowest BCUT2D eigenvalue weighted by Crippen LogP contribution is -2.15. The summed E-state index contributed by atoms with van der Waals surface area (Å²) >= 11 is 4.74.